The van der Waals surface area contributed by atoms with E-state index in [1.165, 1.54) is 11.3 Å². The van der Waals surface area contributed by atoms with E-state index in [9.17, 15) is 4.79 Å². The van der Waals surface area contributed by atoms with Crippen LogP contribution < -0.4 is 11.1 Å². The lowest BCUT2D eigenvalue weighted by Crippen LogP contribution is -2.53. The summed E-state index contributed by atoms with van der Waals surface area (Å²) in [6.07, 6.45) is 1.90. The van der Waals surface area contributed by atoms with E-state index in [-0.39, 0.29) is 42.7 Å². The average molecular weight is 394 g/mol. The van der Waals surface area contributed by atoms with E-state index in [1.807, 2.05) is 38.3 Å². The lowest BCUT2D eigenvalue weighted by molar-refractivity contribution is -0.122. The van der Waals surface area contributed by atoms with Gasteiger partial charge in [0.25, 0.3) is 0 Å². The molecule has 2 rings (SSSR count). The van der Waals surface area contributed by atoms with Crippen molar-refractivity contribution in [2.45, 2.75) is 45.6 Å². The molecule has 1 amide bonds. The molecule has 0 aliphatic carbocycles. The molecule has 2 heterocycles. The Morgan fingerprint density at radius 3 is 2.50 bits per heavy atom. The molecular formula is C16H25Cl2N3O2S. The number of nitrogens with zero attached hydrogens (tertiary/aromatic N) is 1. The molecule has 0 atom stereocenters. The Balaban J connectivity index is 0.00000264. The lowest BCUT2D eigenvalue weighted by Gasteiger charge is -2.31. The minimum atomic E-state index is -0.311. The first-order valence-corrected chi connectivity index (χ1v) is 8.42. The first-order valence-electron chi connectivity index (χ1n) is 7.54. The van der Waals surface area contributed by atoms with E-state index in [4.69, 9.17) is 10.2 Å². The van der Waals surface area contributed by atoms with Crippen molar-refractivity contribution in [2.75, 3.05) is 6.54 Å². The maximum Gasteiger partial charge on any atom is 0.226 e. The molecule has 0 aliphatic rings. The van der Waals surface area contributed by atoms with Crippen LogP contribution in [0.1, 0.15) is 38.1 Å². The number of aryl methyl sites for hydroxylation is 1. The third kappa shape index (κ3) is 5.48. The Hall–Kier alpha value is -1.08. The fourth-order valence-corrected chi connectivity index (χ4v) is 3.10. The number of aromatic nitrogens is 1. The van der Waals surface area contributed by atoms with Crippen LogP contribution in [0.15, 0.2) is 21.9 Å². The molecule has 0 aromatic carbocycles. The number of halogens is 2. The summed E-state index contributed by atoms with van der Waals surface area (Å²) in [5.74, 6) is 1.55. The highest BCUT2D eigenvalue weighted by molar-refractivity contribution is 7.13. The van der Waals surface area contributed by atoms with E-state index in [0.29, 0.717) is 6.54 Å². The maximum absolute atomic E-state index is 12.2. The molecule has 0 unspecified atom stereocenters. The molecule has 8 heteroatoms. The number of rotatable bonds is 7. The number of thiazole rings is 1. The molecule has 0 saturated heterocycles. The van der Waals surface area contributed by atoms with E-state index in [1.54, 1.807) is 0 Å². The van der Waals surface area contributed by atoms with Gasteiger partial charge in [0, 0.05) is 11.9 Å². The van der Waals surface area contributed by atoms with Crippen LogP contribution >= 0.6 is 36.2 Å². The molecule has 24 heavy (non-hydrogen) atoms. The van der Waals surface area contributed by atoms with Crippen molar-refractivity contribution in [1.82, 2.24) is 10.3 Å². The van der Waals surface area contributed by atoms with Crippen molar-refractivity contribution in [3.05, 3.63) is 29.0 Å². The molecule has 0 aliphatic heterocycles. The van der Waals surface area contributed by atoms with Gasteiger partial charge in [-0.2, -0.15) is 0 Å². The zero-order valence-electron chi connectivity index (χ0n) is 14.1. The number of hydrogen-bond donors (Lipinski definition) is 2. The van der Waals surface area contributed by atoms with Gasteiger partial charge in [-0.25, -0.2) is 4.98 Å². The van der Waals surface area contributed by atoms with Crippen LogP contribution in [0.4, 0.5) is 0 Å². The largest absolute Gasteiger partial charge is 0.459 e. The fraction of sp³-hybridized carbons (Fsp3) is 0.500. The summed E-state index contributed by atoms with van der Waals surface area (Å²) in [6, 6.07) is 3.80. The highest BCUT2D eigenvalue weighted by Crippen LogP contribution is 2.25. The summed E-state index contributed by atoms with van der Waals surface area (Å²) >= 11 is 1.48. The summed E-state index contributed by atoms with van der Waals surface area (Å²) in [7, 11) is 0. The molecular weight excluding hydrogens is 369 g/mol. The first kappa shape index (κ1) is 22.9. The topological polar surface area (TPSA) is 81.1 Å². The van der Waals surface area contributed by atoms with Crippen LogP contribution in [0.2, 0.25) is 0 Å². The number of amides is 1. The third-order valence-electron chi connectivity index (χ3n) is 3.99. The fourth-order valence-electron chi connectivity index (χ4n) is 2.32. The average Bonchev–Trinajstić information content (AvgIpc) is 3.14. The lowest BCUT2D eigenvalue weighted by atomic mass is 9.92. The second-order valence-corrected chi connectivity index (χ2v) is 6.33. The van der Waals surface area contributed by atoms with Gasteiger partial charge >= 0.3 is 0 Å². The molecule has 0 radical (unpaired) electrons. The zero-order valence-corrected chi connectivity index (χ0v) is 16.6. The minimum Gasteiger partial charge on any atom is -0.459 e. The SMILES string of the molecule is CCC(CC)(CN)NC(=O)Cc1csc(-c2ccc(C)o2)n1.Cl.Cl. The van der Waals surface area contributed by atoms with E-state index in [0.717, 1.165) is 35.1 Å². The number of carbonyl (C=O) groups excluding carboxylic acids is 1. The Bertz CT molecular complexity index is 631. The number of nitrogens with two attached hydrogens (primary N) is 1. The van der Waals surface area contributed by atoms with Crippen LogP contribution in [0.3, 0.4) is 0 Å². The highest BCUT2D eigenvalue weighted by Gasteiger charge is 2.26. The van der Waals surface area contributed by atoms with Gasteiger partial charge in [-0.3, -0.25) is 4.79 Å². The predicted octanol–water partition coefficient (Wildman–Crippen LogP) is 3.73. The van der Waals surface area contributed by atoms with E-state index in [2.05, 4.69) is 10.3 Å². The molecule has 0 fully saturated rings. The van der Waals surface area contributed by atoms with Crippen molar-refractivity contribution in [3.8, 4) is 10.8 Å². The number of carbonyl (C=O) groups is 1. The van der Waals surface area contributed by atoms with Crippen LogP contribution in [0, 0.1) is 6.92 Å². The molecule has 2 aromatic rings. The minimum absolute atomic E-state index is 0. The Morgan fingerprint density at radius 2 is 2.00 bits per heavy atom. The zero-order chi connectivity index (χ0) is 16.2. The van der Waals surface area contributed by atoms with Crippen molar-refractivity contribution >= 4 is 42.1 Å². The molecule has 136 valence electrons. The molecule has 2 aromatic heterocycles. The van der Waals surface area contributed by atoms with Gasteiger partial charge in [-0.1, -0.05) is 13.8 Å². The summed E-state index contributed by atoms with van der Waals surface area (Å²) in [4.78, 5) is 16.7. The Labute approximate surface area is 159 Å². The van der Waals surface area contributed by atoms with Crippen LogP contribution in [-0.4, -0.2) is 23.0 Å². The van der Waals surface area contributed by atoms with Crippen molar-refractivity contribution < 1.29 is 9.21 Å². The summed E-state index contributed by atoms with van der Waals surface area (Å²) in [6.45, 7) is 6.42. The molecule has 3 N–H and O–H groups in total. The predicted molar refractivity (Wildman–Crippen MR) is 103 cm³/mol. The normalized spacial score (nSPS) is 10.7. The summed E-state index contributed by atoms with van der Waals surface area (Å²) in [5.41, 5.74) is 6.26. The van der Waals surface area contributed by atoms with Crippen molar-refractivity contribution in [3.63, 3.8) is 0 Å². The van der Waals surface area contributed by atoms with Gasteiger partial charge in [0.1, 0.15) is 5.76 Å². The Kier molecular flexibility index (Phi) is 9.58. The first-order chi connectivity index (χ1) is 10.5. The monoisotopic (exact) mass is 393 g/mol. The van der Waals surface area contributed by atoms with Gasteiger partial charge in [-0.15, -0.1) is 36.2 Å². The highest BCUT2D eigenvalue weighted by atomic mass is 35.5. The van der Waals surface area contributed by atoms with E-state index >= 15 is 0 Å². The molecule has 0 saturated carbocycles. The second-order valence-electron chi connectivity index (χ2n) is 5.47. The molecule has 0 spiro atoms. The number of hydrogen-bond acceptors (Lipinski definition) is 5. The quantitative estimate of drug-likeness (QED) is 0.750. The van der Waals surface area contributed by atoms with Crippen LogP contribution in [0.25, 0.3) is 10.8 Å². The number of furan rings is 1. The second kappa shape index (κ2) is 10.0. The van der Waals surface area contributed by atoms with Gasteiger partial charge in [0.15, 0.2) is 10.8 Å². The van der Waals surface area contributed by atoms with Crippen LogP contribution in [0.5, 0.6) is 0 Å². The smallest absolute Gasteiger partial charge is 0.226 e. The van der Waals surface area contributed by atoms with Gasteiger partial charge in [-0.05, 0) is 31.9 Å². The summed E-state index contributed by atoms with van der Waals surface area (Å²) < 4.78 is 5.55. The van der Waals surface area contributed by atoms with Crippen molar-refractivity contribution in [1.29, 1.82) is 0 Å². The van der Waals surface area contributed by atoms with E-state index < -0.39 is 0 Å². The summed E-state index contributed by atoms with van der Waals surface area (Å²) in [5, 5.41) is 5.75. The number of nitrogens with one attached hydrogen (secondary N) is 1. The molecule has 5 nitrogen and oxygen atoms in total. The third-order valence-corrected chi connectivity index (χ3v) is 4.90. The van der Waals surface area contributed by atoms with Gasteiger partial charge in [0.05, 0.1) is 17.7 Å². The van der Waals surface area contributed by atoms with Gasteiger partial charge in [0.2, 0.25) is 5.91 Å². The standard InChI is InChI=1S/C16H23N3O2S.2ClH/c1-4-16(5-2,10-17)19-14(20)8-12-9-22-15(18-12)13-7-6-11(3)21-13;;/h6-7,9H,4-5,8,10,17H2,1-3H3,(H,19,20);2*1H. The molecule has 0 bridgehead atoms. The maximum atomic E-state index is 12.2. The van der Waals surface area contributed by atoms with Gasteiger partial charge < -0.3 is 15.5 Å². The van der Waals surface area contributed by atoms with Crippen LogP contribution in [-0.2, 0) is 11.2 Å². The van der Waals surface area contributed by atoms with Crippen molar-refractivity contribution in [2.24, 2.45) is 5.73 Å². The Morgan fingerprint density at radius 1 is 1.33 bits per heavy atom.